The lowest BCUT2D eigenvalue weighted by Crippen LogP contribution is -2.52. The fourth-order valence-corrected chi connectivity index (χ4v) is 5.63. The molecule has 226 valence electrons. The van der Waals surface area contributed by atoms with Gasteiger partial charge in [0.2, 0.25) is 0 Å². The Balaban J connectivity index is 1.76. The average molecular weight is 573 g/mol. The maximum absolute atomic E-state index is 13.5. The molecule has 2 amide bonds. The Morgan fingerprint density at radius 1 is 0.595 bits per heavy atom. The van der Waals surface area contributed by atoms with E-state index in [-0.39, 0.29) is 11.8 Å². The second-order valence-corrected chi connectivity index (χ2v) is 11.3. The number of hydrogen-bond acceptors (Lipinski definition) is 4. The van der Waals surface area contributed by atoms with Gasteiger partial charge in [-0.3, -0.25) is 9.59 Å². The number of aliphatic hydroxyl groups is 2. The van der Waals surface area contributed by atoms with Gasteiger partial charge in [-0.15, -0.1) is 0 Å². The van der Waals surface area contributed by atoms with E-state index >= 15 is 0 Å². The number of carbonyl (C=O) groups is 2. The maximum atomic E-state index is 13.5. The second-order valence-electron chi connectivity index (χ2n) is 11.3. The molecule has 4 N–H and O–H groups in total. The van der Waals surface area contributed by atoms with Crippen LogP contribution in [0.4, 0.5) is 0 Å². The molecule has 0 radical (unpaired) electrons. The first-order valence-corrected chi connectivity index (χ1v) is 15.4. The van der Waals surface area contributed by atoms with Crippen LogP contribution in [-0.4, -0.2) is 45.3 Å². The Bertz CT molecular complexity index is 1160. The molecule has 0 saturated heterocycles. The highest BCUT2D eigenvalue weighted by atomic mass is 16.3. The first-order chi connectivity index (χ1) is 20.2. The van der Waals surface area contributed by atoms with Crippen LogP contribution in [0.25, 0.3) is 0 Å². The molecule has 3 rings (SSSR count). The Labute approximate surface area is 251 Å². The summed E-state index contributed by atoms with van der Waals surface area (Å²) in [5.41, 5.74) is 0.900. The molecule has 0 heterocycles. The lowest BCUT2D eigenvalue weighted by atomic mass is 9.84. The van der Waals surface area contributed by atoms with Gasteiger partial charge in [-0.1, -0.05) is 94.4 Å². The molecular weight excluding hydrogens is 524 g/mol. The van der Waals surface area contributed by atoms with Crippen molar-refractivity contribution in [3.8, 4) is 0 Å². The summed E-state index contributed by atoms with van der Waals surface area (Å²) in [4.78, 5) is 26.9. The second kappa shape index (κ2) is 15.7. The van der Waals surface area contributed by atoms with Crippen LogP contribution in [0, 0.1) is 0 Å². The Morgan fingerprint density at radius 3 is 1.29 bits per heavy atom. The minimum Gasteiger partial charge on any atom is -0.388 e. The van der Waals surface area contributed by atoms with Crippen molar-refractivity contribution in [1.82, 2.24) is 10.6 Å². The maximum Gasteiger partial charge on any atom is 0.251 e. The summed E-state index contributed by atoms with van der Waals surface area (Å²) in [6.07, 6.45) is 4.65. The molecule has 0 bridgehead atoms. The third kappa shape index (κ3) is 8.76. The van der Waals surface area contributed by atoms with Gasteiger partial charge in [0.25, 0.3) is 11.8 Å². The van der Waals surface area contributed by atoms with Gasteiger partial charge < -0.3 is 20.8 Å². The summed E-state index contributed by atoms with van der Waals surface area (Å²) < 4.78 is 0. The van der Waals surface area contributed by atoms with E-state index in [1.54, 1.807) is 24.3 Å². The van der Waals surface area contributed by atoms with E-state index in [1.165, 1.54) is 0 Å². The van der Waals surface area contributed by atoms with Gasteiger partial charge in [0.1, 0.15) is 0 Å². The van der Waals surface area contributed by atoms with Crippen molar-refractivity contribution in [1.29, 1.82) is 0 Å². The Morgan fingerprint density at radius 2 is 0.952 bits per heavy atom. The van der Waals surface area contributed by atoms with Crippen LogP contribution in [-0.2, 0) is 12.8 Å². The molecule has 0 spiro atoms. The summed E-state index contributed by atoms with van der Waals surface area (Å²) in [6.45, 7) is 7.71. The smallest absolute Gasteiger partial charge is 0.251 e. The zero-order chi connectivity index (χ0) is 30.6. The number of benzene rings is 3. The molecule has 0 aromatic heterocycles. The van der Waals surface area contributed by atoms with Gasteiger partial charge in [0.05, 0.1) is 23.3 Å². The van der Waals surface area contributed by atoms with Crippen LogP contribution in [0.1, 0.15) is 98.1 Å². The van der Waals surface area contributed by atoms with E-state index in [2.05, 4.69) is 10.6 Å². The van der Waals surface area contributed by atoms with Crippen LogP contribution >= 0.6 is 0 Å². The highest BCUT2D eigenvalue weighted by molar-refractivity contribution is 6.00. The predicted octanol–water partition coefficient (Wildman–Crippen LogP) is 6.25. The zero-order valence-corrected chi connectivity index (χ0v) is 25.6. The molecule has 3 aromatic carbocycles. The standard InChI is InChI=1S/C36H48N2O4/c1-5-35(41,6-2)31(24-22-27-16-11-9-12-17-27)37-33(39)29-20-15-21-30(26-29)34(40)38-32(36(42,7-3)8-4)25-23-28-18-13-10-14-19-28/h9-21,26,31-32,41-42H,5-8,22-25H2,1-4H3,(H,37,39)(H,38,40)/t31-,32-/m0/s1. The fraction of sp³-hybridized carbons (Fsp3) is 0.444. The number of rotatable bonds is 16. The highest BCUT2D eigenvalue weighted by Gasteiger charge is 2.36. The lowest BCUT2D eigenvalue weighted by Gasteiger charge is -2.36. The van der Waals surface area contributed by atoms with Crippen molar-refractivity contribution in [2.45, 2.75) is 102 Å². The van der Waals surface area contributed by atoms with Crippen molar-refractivity contribution < 1.29 is 19.8 Å². The van der Waals surface area contributed by atoms with Crippen molar-refractivity contribution >= 4 is 11.8 Å². The van der Waals surface area contributed by atoms with Gasteiger partial charge in [0, 0.05) is 11.1 Å². The summed E-state index contributed by atoms with van der Waals surface area (Å²) in [5, 5.41) is 28.9. The molecule has 0 aliphatic heterocycles. The van der Waals surface area contributed by atoms with E-state index in [0.717, 1.165) is 24.0 Å². The van der Waals surface area contributed by atoms with Gasteiger partial charge in [-0.05, 0) is 80.7 Å². The third-order valence-electron chi connectivity index (χ3n) is 8.87. The van der Waals surface area contributed by atoms with Gasteiger partial charge in [0.15, 0.2) is 0 Å². The van der Waals surface area contributed by atoms with Crippen LogP contribution in [0.3, 0.4) is 0 Å². The van der Waals surface area contributed by atoms with E-state index in [4.69, 9.17) is 0 Å². The summed E-state index contributed by atoms with van der Waals surface area (Å²) >= 11 is 0. The van der Waals surface area contributed by atoms with Gasteiger partial charge in [-0.25, -0.2) is 0 Å². The van der Waals surface area contributed by atoms with E-state index in [1.807, 2.05) is 88.4 Å². The fourth-order valence-electron chi connectivity index (χ4n) is 5.63. The van der Waals surface area contributed by atoms with E-state index in [0.29, 0.717) is 49.7 Å². The van der Waals surface area contributed by atoms with Crippen molar-refractivity contribution in [3.05, 3.63) is 107 Å². The van der Waals surface area contributed by atoms with Crippen molar-refractivity contribution in [2.24, 2.45) is 0 Å². The molecule has 3 aromatic rings. The summed E-state index contributed by atoms with van der Waals surface area (Å²) in [7, 11) is 0. The molecule has 6 heteroatoms. The number of carbonyl (C=O) groups excluding carboxylic acids is 2. The van der Waals surface area contributed by atoms with Crippen molar-refractivity contribution in [3.63, 3.8) is 0 Å². The average Bonchev–Trinajstić information content (AvgIpc) is 3.04. The lowest BCUT2D eigenvalue weighted by molar-refractivity contribution is -0.00747. The number of aryl methyl sites for hydroxylation is 2. The summed E-state index contributed by atoms with van der Waals surface area (Å²) in [6, 6.07) is 25.8. The van der Waals surface area contributed by atoms with Crippen LogP contribution in [0.15, 0.2) is 84.9 Å². The van der Waals surface area contributed by atoms with Gasteiger partial charge in [-0.2, -0.15) is 0 Å². The Hall–Kier alpha value is -3.48. The largest absolute Gasteiger partial charge is 0.388 e. The molecule has 0 fully saturated rings. The molecule has 0 aliphatic rings. The first-order valence-electron chi connectivity index (χ1n) is 15.4. The normalized spacial score (nSPS) is 13.3. The SMILES string of the molecule is CCC(O)(CC)[C@H](CCc1ccccc1)NC(=O)c1cccc(C(=O)N[C@@H](CCc2ccccc2)C(O)(CC)CC)c1. The molecule has 0 unspecified atom stereocenters. The number of amides is 2. The van der Waals surface area contributed by atoms with E-state index < -0.39 is 23.3 Å². The molecular formula is C36H48N2O4. The number of nitrogens with one attached hydrogen (secondary N) is 2. The van der Waals surface area contributed by atoms with Crippen LogP contribution in [0.5, 0.6) is 0 Å². The van der Waals surface area contributed by atoms with Crippen LogP contribution < -0.4 is 10.6 Å². The zero-order valence-electron chi connectivity index (χ0n) is 25.6. The Kier molecular flexibility index (Phi) is 12.3. The first kappa shape index (κ1) is 33.0. The number of hydrogen-bond donors (Lipinski definition) is 4. The molecule has 0 aliphatic carbocycles. The third-order valence-corrected chi connectivity index (χ3v) is 8.87. The quantitative estimate of drug-likeness (QED) is 0.163. The minimum atomic E-state index is -1.05. The molecule has 6 nitrogen and oxygen atoms in total. The molecule has 42 heavy (non-hydrogen) atoms. The topological polar surface area (TPSA) is 98.7 Å². The minimum absolute atomic E-state index is 0.331. The summed E-state index contributed by atoms with van der Waals surface area (Å²) in [5.74, 6) is -0.662. The monoisotopic (exact) mass is 572 g/mol. The van der Waals surface area contributed by atoms with Crippen LogP contribution in [0.2, 0.25) is 0 Å². The highest BCUT2D eigenvalue weighted by Crippen LogP contribution is 2.26. The van der Waals surface area contributed by atoms with E-state index in [9.17, 15) is 19.8 Å². The molecule has 2 atom stereocenters. The van der Waals surface area contributed by atoms with Crippen molar-refractivity contribution in [2.75, 3.05) is 0 Å². The predicted molar refractivity (Wildman–Crippen MR) is 170 cm³/mol. The van der Waals surface area contributed by atoms with Gasteiger partial charge >= 0.3 is 0 Å². The molecule has 0 saturated carbocycles.